The molecular weight excluding hydrogens is 331 g/mol. The lowest BCUT2D eigenvalue weighted by molar-refractivity contribution is -0.143. The third-order valence-electron chi connectivity index (χ3n) is 4.50. The number of rotatable bonds is 9. The minimum absolute atomic E-state index is 0.400. The Morgan fingerprint density at radius 3 is 2.32 bits per heavy atom. The summed E-state index contributed by atoms with van der Waals surface area (Å²) in [6, 6.07) is 0. The Morgan fingerprint density at radius 2 is 1.76 bits per heavy atom. The first kappa shape index (κ1) is 22.0. The van der Waals surface area contributed by atoms with Crippen molar-refractivity contribution in [2.24, 2.45) is 10.9 Å². The molecule has 0 aliphatic carbocycles. The lowest BCUT2D eigenvalue weighted by atomic mass is 9.99. The molecule has 0 bridgehead atoms. The molecule has 2 N–H and O–H groups in total. The number of halogens is 3. The van der Waals surface area contributed by atoms with Gasteiger partial charge in [0.05, 0.1) is 6.54 Å². The predicted octanol–water partition coefficient (Wildman–Crippen LogP) is 2.16. The molecule has 1 fully saturated rings. The Balaban J connectivity index is 2.04. The highest BCUT2D eigenvalue weighted by molar-refractivity contribution is 5.79. The van der Waals surface area contributed by atoms with Gasteiger partial charge in [0.2, 0.25) is 0 Å². The quantitative estimate of drug-likeness (QED) is 0.373. The van der Waals surface area contributed by atoms with Crippen LogP contribution in [0.25, 0.3) is 0 Å². The van der Waals surface area contributed by atoms with Gasteiger partial charge in [-0.2, -0.15) is 13.2 Å². The van der Waals surface area contributed by atoms with Crippen molar-refractivity contribution in [1.82, 2.24) is 20.4 Å². The molecule has 8 heteroatoms. The van der Waals surface area contributed by atoms with Gasteiger partial charge in [-0.15, -0.1) is 0 Å². The van der Waals surface area contributed by atoms with Crippen LogP contribution < -0.4 is 10.6 Å². The van der Waals surface area contributed by atoms with Gasteiger partial charge in [-0.25, -0.2) is 0 Å². The summed E-state index contributed by atoms with van der Waals surface area (Å²) in [7, 11) is 3.19. The molecule has 1 aliphatic rings. The topological polar surface area (TPSA) is 42.9 Å². The summed E-state index contributed by atoms with van der Waals surface area (Å²) < 4.78 is 36.7. The van der Waals surface area contributed by atoms with Gasteiger partial charge in [-0.1, -0.05) is 6.92 Å². The molecule has 1 saturated heterocycles. The molecule has 0 radical (unpaired) electrons. The molecule has 5 nitrogen and oxygen atoms in total. The smallest absolute Gasteiger partial charge is 0.356 e. The number of hydrogen-bond donors (Lipinski definition) is 2. The molecule has 1 rings (SSSR count). The molecule has 0 aromatic rings. The van der Waals surface area contributed by atoms with E-state index in [1.165, 1.54) is 37.9 Å². The Kier molecular flexibility index (Phi) is 10.2. The first-order chi connectivity index (χ1) is 11.8. The van der Waals surface area contributed by atoms with Gasteiger partial charge in [0.25, 0.3) is 0 Å². The van der Waals surface area contributed by atoms with E-state index in [9.17, 15) is 13.2 Å². The first-order valence-electron chi connectivity index (χ1n) is 9.22. The second-order valence-corrected chi connectivity index (χ2v) is 7.01. The summed E-state index contributed by atoms with van der Waals surface area (Å²) in [5, 5.41) is 6.41. The second kappa shape index (κ2) is 11.6. The molecule has 0 aromatic carbocycles. The molecule has 1 heterocycles. The van der Waals surface area contributed by atoms with Gasteiger partial charge in [-0.3, -0.25) is 9.89 Å². The molecule has 148 valence electrons. The van der Waals surface area contributed by atoms with Crippen LogP contribution in [0.4, 0.5) is 13.2 Å². The maximum Gasteiger partial charge on any atom is 0.401 e. The molecular formula is C17H34F3N5. The van der Waals surface area contributed by atoms with Gasteiger partial charge in [0, 0.05) is 20.1 Å². The van der Waals surface area contributed by atoms with Crippen LogP contribution in [0.3, 0.4) is 0 Å². The first-order valence-corrected chi connectivity index (χ1v) is 9.22. The van der Waals surface area contributed by atoms with E-state index in [-0.39, 0.29) is 0 Å². The van der Waals surface area contributed by atoms with E-state index >= 15 is 0 Å². The Bertz CT molecular complexity index is 379. The summed E-state index contributed by atoms with van der Waals surface area (Å²) >= 11 is 0. The molecule has 0 atom stereocenters. The number of piperidine rings is 1. The normalized spacial score (nSPS) is 18.0. The lowest BCUT2D eigenvalue weighted by Gasteiger charge is -2.30. The number of nitrogens with zero attached hydrogens (tertiary/aromatic N) is 3. The van der Waals surface area contributed by atoms with Crippen molar-refractivity contribution in [3.63, 3.8) is 0 Å². The lowest BCUT2D eigenvalue weighted by Crippen LogP contribution is -2.41. The standard InChI is InChI=1S/C17H34F3N5/c1-15-6-12-25(13-7-15)11-5-9-23-16(21-2)22-8-4-10-24(3)14-17(18,19)20/h15H,4-14H2,1-3H3,(H2,21,22,23). The van der Waals surface area contributed by atoms with Crippen molar-refractivity contribution >= 4 is 5.96 Å². The molecule has 1 aliphatic heterocycles. The summed E-state index contributed by atoms with van der Waals surface area (Å²) in [5.74, 6) is 1.57. The highest BCUT2D eigenvalue weighted by atomic mass is 19.4. The molecule has 0 saturated carbocycles. The van der Waals surface area contributed by atoms with E-state index in [1.807, 2.05) is 0 Å². The van der Waals surface area contributed by atoms with Gasteiger partial charge in [-0.05, 0) is 64.8 Å². The number of hydrogen-bond acceptors (Lipinski definition) is 3. The monoisotopic (exact) mass is 365 g/mol. The predicted molar refractivity (Wildman–Crippen MR) is 97.0 cm³/mol. The van der Waals surface area contributed by atoms with Crippen LogP contribution >= 0.6 is 0 Å². The SMILES string of the molecule is CN=C(NCCCN(C)CC(F)(F)F)NCCCN1CCC(C)CC1. The summed E-state index contributed by atoms with van der Waals surface area (Å²) in [5.41, 5.74) is 0. The number of nitrogens with one attached hydrogen (secondary N) is 2. The van der Waals surface area contributed by atoms with Crippen molar-refractivity contribution in [3.8, 4) is 0 Å². The largest absolute Gasteiger partial charge is 0.401 e. The van der Waals surface area contributed by atoms with Crippen LogP contribution in [-0.2, 0) is 0 Å². The van der Waals surface area contributed by atoms with Crippen LogP contribution in [0.2, 0.25) is 0 Å². The van der Waals surface area contributed by atoms with Crippen molar-refractivity contribution in [2.45, 2.75) is 38.8 Å². The average molecular weight is 365 g/mol. The summed E-state index contributed by atoms with van der Waals surface area (Å²) in [6.07, 6.45) is 0.147. The highest BCUT2D eigenvalue weighted by Gasteiger charge is 2.28. The minimum Gasteiger partial charge on any atom is -0.356 e. The van der Waals surface area contributed by atoms with E-state index in [0.29, 0.717) is 25.5 Å². The van der Waals surface area contributed by atoms with Gasteiger partial charge in [0.1, 0.15) is 0 Å². The number of aliphatic imine (C=N–C) groups is 1. The fourth-order valence-electron chi connectivity index (χ4n) is 2.96. The molecule has 0 unspecified atom stereocenters. The van der Waals surface area contributed by atoms with Crippen molar-refractivity contribution in [1.29, 1.82) is 0 Å². The third-order valence-corrected chi connectivity index (χ3v) is 4.50. The highest BCUT2D eigenvalue weighted by Crippen LogP contribution is 2.16. The van der Waals surface area contributed by atoms with Crippen molar-refractivity contribution in [3.05, 3.63) is 0 Å². The van der Waals surface area contributed by atoms with Crippen LogP contribution in [0.5, 0.6) is 0 Å². The molecule has 25 heavy (non-hydrogen) atoms. The maximum absolute atomic E-state index is 12.2. The number of likely N-dealkylation sites (tertiary alicyclic amines) is 1. The van der Waals surface area contributed by atoms with E-state index < -0.39 is 12.7 Å². The Hall–Kier alpha value is -1.02. The number of guanidine groups is 1. The van der Waals surface area contributed by atoms with E-state index in [4.69, 9.17) is 0 Å². The minimum atomic E-state index is -4.13. The fourth-order valence-corrected chi connectivity index (χ4v) is 2.96. The van der Waals surface area contributed by atoms with E-state index in [2.05, 4.69) is 27.4 Å². The van der Waals surface area contributed by atoms with Crippen LogP contribution in [0.15, 0.2) is 4.99 Å². The van der Waals surface area contributed by atoms with Crippen molar-refractivity contribution in [2.75, 3.05) is 59.9 Å². The summed E-state index contributed by atoms with van der Waals surface area (Å²) in [6.45, 7) is 6.78. The van der Waals surface area contributed by atoms with E-state index in [0.717, 1.165) is 25.4 Å². The number of alkyl halides is 3. The van der Waals surface area contributed by atoms with Crippen LogP contribution in [0.1, 0.15) is 32.6 Å². The third kappa shape index (κ3) is 11.3. The van der Waals surface area contributed by atoms with Gasteiger partial charge in [0.15, 0.2) is 5.96 Å². The Labute approximate surface area is 150 Å². The second-order valence-electron chi connectivity index (χ2n) is 7.01. The van der Waals surface area contributed by atoms with E-state index in [1.54, 1.807) is 7.05 Å². The average Bonchev–Trinajstić information content (AvgIpc) is 2.53. The van der Waals surface area contributed by atoms with Gasteiger partial charge >= 0.3 is 6.18 Å². The molecule has 0 aromatic heterocycles. The fraction of sp³-hybridized carbons (Fsp3) is 0.941. The Morgan fingerprint density at radius 1 is 1.16 bits per heavy atom. The summed E-state index contributed by atoms with van der Waals surface area (Å²) in [4.78, 5) is 7.94. The zero-order chi connectivity index (χ0) is 18.7. The zero-order valence-corrected chi connectivity index (χ0v) is 15.8. The zero-order valence-electron chi connectivity index (χ0n) is 15.8. The van der Waals surface area contributed by atoms with Gasteiger partial charge < -0.3 is 15.5 Å². The van der Waals surface area contributed by atoms with Crippen molar-refractivity contribution < 1.29 is 13.2 Å². The molecule has 0 amide bonds. The maximum atomic E-state index is 12.2. The molecule has 0 spiro atoms. The van der Waals surface area contributed by atoms with Crippen LogP contribution in [-0.4, -0.2) is 81.8 Å². The van der Waals surface area contributed by atoms with Crippen LogP contribution in [0, 0.1) is 5.92 Å².